The Morgan fingerprint density at radius 1 is 0.833 bits per heavy atom. The van der Waals surface area contributed by atoms with Crippen LogP contribution >= 0.6 is 11.3 Å². The molecule has 0 radical (unpaired) electrons. The van der Waals surface area contributed by atoms with Gasteiger partial charge in [0, 0.05) is 25.2 Å². The Labute approximate surface area is 258 Å². The molecular formula is C30H36ClN4O5S2-. The number of thiazole rings is 1. The van der Waals surface area contributed by atoms with E-state index in [1.807, 2.05) is 12.1 Å². The number of fused-ring (bicyclic) bond motifs is 1. The van der Waals surface area contributed by atoms with E-state index in [2.05, 4.69) is 18.7 Å². The lowest BCUT2D eigenvalue weighted by atomic mass is 10.2. The number of halogens is 1. The highest BCUT2D eigenvalue weighted by molar-refractivity contribution is 7.92. The highest BCUT2D eigenvalue weighted by Crippen LogP contribution is 2.40. The molecule has 1 heterocycles. The van der Waals surface area contributed by atoms with E-state index < -0.39 is 10.0 Å². The Balaban J connectivity index is 0.00000484. The van der Waals surface area contributed by atoms with Crippen LogP contribution in [0.25, 0.3) is 10.2 Å². The Morgan fingerprint density at radius 3 is 2.02 bits per heavy atom. The first kappa shape index (κ1) is 33.1. The predicted molar refractivity (Wildman–Crippen MR) is 165 cm³/mol. The second-order valence-corrected chi connectivity index (χ2v) is 12.0. The maximum atomic E-state index is 13.9. The van der Waals surface area contributed by atoms with Gasteiger partial charge in [-0.15, -0.1) is 0 Å². The van der Waals surface area contributed by atoms with Crippen LogP contribution in [0.4, 0.5) is 10.8 Å². The van der Waals surface area contributed by atoms with E-state index in [9.17, 15) is 13.2 Å². The van der Waals surface area contributed by atoms with Gasteiger partial charge in [0.15, 0.2) is 5.13 Å². The third kappa shape index (κ3) is 6.81. The molecule has 0 bridgehead atoms. The van der Waals surface area contributed by atoms with Gasteiger partial charge < -0.3 is 26.8 Å². The summed E-state index contributed by atoms with van der Waals surface area (Å²) in [5.74, 6) is 0.968. The molecule has 42 heavy (non-hydrogen) atoms. The molecule has 3 aromatic carbocycles. The highest BCUT2D eigenvalue weighted by Gasteiger charge is 2.27. The summed E-state index contributed by atoms with van der Waals surface area (Å²) in [6.45, 7) is 8.98. The zero-order chi connectivity index (χ0) is 29.6. The molecule has 226 valence electrons. The second-order valence-electron chi connectivity index (χ2n) is 9.16. The molecule has 0 spiro atoms. The van der Waals surface area contributed by atoms with E-state index in [1.54, 1.807) is 68.5 Å². The monoisotopic (exact) mass is 631 g/mol. The maximum absolute atomic E-state index is 13.9. The first-order valence-corrected chi connectivity index (χ1v) is 15.8. The smallest absolute Gasteiger partial charge is 0.264 e. The van der Waals surface area contributed by atoms with Gasteiger partial charge in [0.2, 0.25) is 0 Å². The number of hydrogen-bond acceptors (Lipinski definition) is 8. The first-order chi connectivity index (χ1) is 19.8. The standard InChI is InChI=1S/C30H36N4O5S2.ClH/c1-6-32(7-2)20-21-33(30-31-27-25(38-4)18-19-26(39-5)28(27)40-30)29(35)22-14-16-24(17-15-22)41(36,37)34(8-3)23-12-10-9-11-13-23;/h9-19H,6-8,20-21H2,1-5H3;1H/p-1. The number of rotatable bonds is 13. The number of hydrogen-bond donors (Lipinski definition) is 0. The Bertz CT molecular complexity index is 1540. The van der Waals surface area contributed by atoms with Gasteiger partial charge in [0.05, 0.1) is 24.8 Å². The Hall–Kier alpha value is -3.38. The van der Waals surface area contributed by atoms with E-state index in [4.69, 9.17) is 14.5 Å². The van der Waals surface area contributed by atoms with Gasteiger partial charge in [-0.2, -0.15) is 0 Å². The topological polar surface area (TPSA) is 92.3 Å². The Kier molecular flexibility index (Phi) is 11.6. The molecule has 9 nitrogen and oxygen atoms in total. The third-order valence-corrected chi connectivity index (χ3v) is 9.94. The quantitative estimate of drug-likeness (QED) is 0.224. The molecule has 1 amide bonds. The second kappa shape index (κ2) is 14.7. The van der Waals surface area contributed by atoms with Crippen LogP contribution in [0.3, 0.4) is 0 Å². The number of carbonyl (C=O) groups is 1. The lowest BCUT2D eigenvalue weighted by molar-refractivity contribution is -0.0000188. The number of ether oxygens (including phenoxy) is 2. The van der Waals surface area contributed by atoms with Crippen molar-refractivity contribution in [1.82, 2.24) is 9.88 Å². The number of carbonyl (C=O) groups excluding carboxylic acids is 1. The molecule has 0 unspecified atom stereocenters. The summed E-state index contributed by atoms with van der Waals surface area (Å²) in [4.78, 5) is 22.7. The summed E-state index contributed by atoms with van der Waals surface area (Å²) in [7, 11) is -0.642. The zero-order valence-corrected chi connectivity index (χ0v) is 26.8. The lowest BCUT2D eigenvalue weighted by Gasteiger charge is -2.25. The summed E-state index contributed by atoms with van der Waals surface area (Å²) >= 11 is 1.36. The zero-order valence-electron chi connectivity index (χ0n) is 24.4. The van der Waals surface area contributed by atoms with Crippen molar-refractivity contribution in [3.05, 3.63) is 72.3 Å². The summed E-state index contributed by atoms with van der Waals surface area (Å²) in [6.07, 6.45) is 0. The number of para-hydroxylation sites is 1. The molecule has 0 aliphatic rings. The van der Waals surface area contributed by atoms with Crippen LogP contribution in [0.15, 0.2) is 71.6 Å². The minimum absolute atomic E-state index is 0. The van der Waals surface area contributed by atoms with Crippen LogP contribution < -0.4 is 31.1 Å². The molecule has 0 saturated carbocycles. The van der Waals surface area contributed by atoms with Crippen molar-refractivity contribution in [1.29, 1.82) is 0 Å². The van der Waals surface area contributed by atoms with Crippen molar-refractivity contribution in [2.45, 2.75) is 25.7 Å². The largest absolute Gasteiger partial charge is 1.00 e. The molecule has 0 atom stereocenters. The summed E-state index contributed by atoms with van der Waals surface area (Å²) in [5.41, 5.74) is 1.57. The average molecular weight is 632 g/mol. The fraction of sp³-hybridized carbons (Fsp3) is 0.333. The highest BCUT2D eigenvalue weighted by atomic mass is 35.5. The van der Waals surface area contributed by atoms with Crippen molar-refractivity contribution < 1.29 is 35.1 Å². The summed E-state index contributed by atoms with van der Waals surface area (Å²) < 4.78 is 40.1. The minimum Gasteiger partial charge on any atom is -1.00 e. The van der Waals surface area contributed by atoms with Gasteiger partial charge in [-0.1, -0.05) is 43.4 Å². The van der Waals surface area contributed by atoms with Crippen LogP contribution in [0.5, 0.6) is 11.5 Å². The number of sulfonamides is 1. The van der Waals surface area contributed by atoms with Crippen LogP contribution in [0.2, 0.25) is 0 Å². The number of aromatic nitrogens is 1. The molecule has 4 rings (SSSR count). The van der Waals surface area contributed by atoms with Crippen molar-refractivity contribution in [2.75, 3.05) is 56.1 Å². The molecule has 4 aromatic rings. The predicted octanol–water partition coefficient (Wildman–Crippen LogP) is 2.52. The van der Waals surface area contributed by atoms with Gasteiger partial charge >= 0.3 is 0 Å². The number of nitrogens with zero attached hydrogens (tertiary/aromatic N) is 4. The van der Waals surface area contributed by atoms with Gasteiger partial charge in [-0.25, -0.2) is 13.4 Å². The number of methoxy groups -OCH3 is 2. The van der Waals surface area contributed by atoms with Crippen LogP contribution in [0, 0.1) is 0 Å². The molecule has 0 saturated heterocycles. The van der Waals surface area contributed by atoms with E-state index in [1.165, 1.54) is 27.8 Å². The normalized spacial score (nSPS) is 11.3. The van der Waals surface area contributed by atoms with E-state index in [0.29, 0.717) is 46.5 Å². The molecule has 0 fully saturated rings. The average Bonchev–Trinajstić information content (AvgIpc) is 3.45. The number of benzene rings is 3. The summed E-state index contributed by atoms with van der Waals surface area (Å²) in [5, 5.41) is 0.512. The van der Waals surface area contributed by atoms with Crippen LogP contribution in [-0.4, -0.2) is 71.2 Å². The van der Waals surface area contributed by atoms with Crippen molar-refractivity contribution in [3.8, 4) is 11.5 Å². The molecule has 0 N–H and O–H groups in total. The van der Waals surface area contributed by atoms with Gasteiger partial charge in [-0.3, -0.25) is 14.0 Å². The van der Waals surface area contributed by atoms with Crippen molar-refractivity contribution >= 4 is 48.3 Å². The SMILES string of the molecule is CCN(CC)CCN(C(=O)c1ccc(S(=O)(=O)N(CC)c2ccccc2)cc1)c1nc2c(OC)ccc(OC)c2s1.[Cl-]. The van der Waals surface area contributed by atoms with E-state index in [-0.39, 0.29) is 29.8 Å². The maximum Gasteiger partial charge on any atom is 0.264 e. The lowest BCUT2D eigenvalue weighted by Crippen LogP contribution is -3.00. The fourth-order valence-electron chi connectivity index (χ4n) is 4.59. The molecule has 0 aliphatic carbocycles. The summed E-state index contributed by atoms with van der Waals surface area (Å²) in [6, 6.07) is 18.7. The number of anilines is 2. The Morgan fingerprint density at radius 2 is 1.45 bits per heavy atom. The molecule has 0 aliphatic heterocycles. The van der Waals surface area contributed by atoms with Crippen LogP contribution in [0.1, 0.15) is 31.1 Å². The number of likely N-dealkylation sites (N-methyl/N-ethyl adjacent to an activating group) is 1. The van der Waals surface area contributed by atoms with E-state index >= 15 is 0 Å². The van der Waals surface area contributed by atoms with Crippen molar-refractivity contribution in [2.24, 2.45) is 0 Å². The van der Waals surface area contributed by atoms with E-state index in [0.717, 1.165) is 17.8 Å². The molecule has 1 aromatic heterocycles. The first-order valence-electron chi connectivity index (χ1n) is 13.5. The van der Waals surface area contributed by atoms with Gasteiger partial charge in [0.1, 0.15) is 21.7 Å². The minimum atomic E-state index is -3.82. The van der Waals surface area contributed by atoms with Gasteiger partial charge in [-0.05, 0) is 68.5 Å². The van der Waals surface area contributed by atoms with Gasteiger partial charge in [0.25, 0.3) is 15.9 Å². The molecule has 12 heteroatoms. The fourth-order valence-corrected chi connectivity index (χ4v) is 7.17. The van der Waals surface area contributed by atoms with Crippen molar-refractivity contribution in [3.63, 3.8) is 0 Å². The molecular weight excluding hydrogens is 596 g/mol. The van der Waals surface area contributed by atoms with Crippen LogP contribution in [-0.2, 0) is 10.0 Å². The number of amides is 1. The third-order valence-electron chi connectivity index (χ3n) is 6.93.